The smallest absolute Gasteiger partial charge is 0.224 e. The lowest BCUT2D eigenvalue weighted by Gasteiger charge is -2.28. The fourth-order valence-electron chi connectivity index (χ4n) is 3.67. The van der Waals surface area contributed by atoms with Gasteiger partial charge in [-0.2, -0.15) is 5.10 Å². The van der Waals surface area contributed by atoms with E-state index >= 15 is 0 Å². The summed E-state index contributed by atoms with van der Waals surface area (Å²) in [6, 6.07) is 5.97. The highest BCUT2D eigenvalue weighted by atomic mass is 32.2. The number of halogens is 1. The Bertz CT molecular complexity index is 1020. The average Bonchev–Trinajstić information content (AvgIpc) is 3.18. The minimum Gasteiger partial charge on any atom is -0.356 e. The molecule has 1 aliphatic heterocycles. The van der Waals surface area contributed by atoms with E-state index in [-0.39, 0.29) is 18.1 Å². The Morgan fingerprint density at radius 1 is 1.17 bits per heavy atom. The number of carbonyl (C=O) groups is 1. The first-order valence-electron chi connectivity index (χ1n) is 10.2. The molecule has 4 rings (SSSR count). The van der Waals surface area contributed by atoms with E-state index in [2.05, 4.69) is 20.3 Å². The van der Waals surface area contributed by atoms with E-state index in [1.807, 2.05) is 17.1 Å². The molecule has 0 atom stereocenters. The number of benzene rings is 1. The van der Waals surface area contributed by atoms with Crippen LogP contribution in [-0.4, -0.2) is 51.5 Å². The second kappa shape index (κ2) is 9.42. The molecule has 1 amide bonds. The van der Waals surface area contributed by atoms with E-state index in [0.29, 0.717) is 13.1 Å². The number of hydrogen-bond acceptors (Lipinski definition) is 6. The monoisotopic (exact) mass is 428 g/mol. The molecule has 0 radical (unpaired) electrons. The zero-order chi connectivity index (χ0) is 20.9. The van der Waals surface area contributed by atoms with Crippen LogP contribution in [0.3, 0.4) is 0 Å². The van der Waals surface area contributed by atoms with Gasteiger partial charge in [0.25, 0.3) is 0 Å². The molecule has 0 spiro atoms. The Kier molecular flexibility index (Phi) is 6.47. The van der Waals surface area contributed by atoms with E-state index in [4.69, 9.17) is 4.98 Å². The SMILES string of the molecule is CSc1nc(N2CCCCC2)c2cnn(CCNC(=O)Cc3ccc(F)cc3)c2n1. The number of hydrogen-bond donors (Lipinski definition) is 1. The van der Waals surface area contributed by atoms with Crippen LogP contribution in [0.4, 0.5) is 10.2 Å². The highest BCUT2D eigenvalue weighted by Gasteiger charge is 2.19. The molecule has 1 saturated heterocycles. The van der Waals surface area contributed by atoms with Gasteiger partial charge in [0.05, 0.1) is 24.5 Å². The largest absolute Gasteiger partial charge is 0.356 e. The molecular weight excluding hydrogens is 403 g/mol. The lowest BCUT2D eigenvalue weighted by molar-refractivity contribution is -0.120. The maximum absolute atomic E-state index is 13.0. The lowest BCUT2D eigenvalue weighted by atomic mass is 10.1. The first kappa shape index (κ1) is 20.6. The Morgan fingerprint density at radius 2 is 1.93 bits per heavy atom. The summed E-state index contributed by atoms with van der Waals surface area (Å²) in [6.45, 7) is 2.96. The normalized spacial score (nSPS) is 14.3. The number of piperidine rings is 1. The molecule has 3 aromatic rings. The summed E-state index contributed by atoms with van der Waals surface area (Å²) in [5.41, 5.74) is 1.57. The second-order valence-electron chi connectivity index (χ2n) is 7.34. The standard InChI is InChI=1S/C21H25FN6OS/c1-30-21-25-19(27-10-3-2-4-11-27)17-14-24-28(20(17)26-21)12-9-23-18(29)13-15-5-7-16(22)8-6-15/h5-8,14H,2-4,9-13H2,1H3,(H,23,29). The maximum atomic E-state index is 13.0. The van der Waals surface area contributed by atoms with Crippen LogP contribution in [0, 0.1) is 5.82 Å². The molecule has 2 aromatic heterocycles. The van der Waals surface area contributed by atoms with Crippen LogP contribution in [-0.2, 0) is 17.8 Å². The average molecular weight is 429 g/mol. The van der Waals surface area contributed by atoms with Crippen LogP contribution in [0.5, 0.6) is 0 Å². The van der Waals surface area contributed by atoms with Crippen molar-refractivity contribution in [1.29, 1.82) is 0 Å². The van der Waals surface area contributed by atoms with Crippen molar-refractivity contribution in [1.82, 2.24) is 25.1 Å². The summed E-state index contributed by atoms with van der Waals surface area (Å²) in [6.07, 6.45) is 7.62. The van der Waals surface area contributed by atoms with Gasteiger partial charge in [0, 0.05) is 19.6 Å². The molecule has 0 saturated carbocycles. The van der Waals surface area contributed by atoms with Crippen LogP contribution < -0.4 is 10.2 Å². The van der Waals surface area contributed by atoms with Gasteiger partial charge in [-0.15, -0.1) is 0 Å². The van der Waals surface area contributed by atoms with Gasteiger partial charge in [-0.1, -0.05) is 23.9 Å². The minimum atomic E-state index is -0.305. The number of nitrogens with one attached hydrogen (secondary N) is 1. The molecule has 0 aliphatic carbocycles. The second-order valence-corrected chi connectivity index (χ2v) is 8.11. The molecule has 30 heavy (non-hydrogen) atoms. The molecule has 158 valence electrons. The number of aromatic nitrogens is 4. The van der Waals surface area contributed by atoms with Crippen molar-refractivity contribution in [2.75, 3.05) is 30.8 Å². The van der Waals surface area contributed by atoms with Gasteiger partial charge < -0.3 is 10.2 Å². The Labute approximate surface area is 179 Å². The van der Waals surface area contributed by atoms with Crippen LogP contribution >= 0.6 is 11.8 Å². The molecule has 9 heteroatoms. The van der Waals surface area contributed by atoms with Gasteiger partial charge >= 0.3 is 0 Å². The van der Waals surface area contributed by atoms with Crippen molar-refractivity contribution >= 4 is 34.5 Å². The number of amides is 1. The number of nitrogens with zero attached hydrogens (tertiary/aromatic N) is 5. The lowest BCUT2D eigenvalue weighted by Crippen LogP contribution is -2.30. The van der Waals surface area contributed by atoms with Crippen molar-refractivity contribution in [3.63, 3.8) is 0 Å². The molecular formula is C21H25FN6OS. The van der Waals surface area contributed by atoms with Gasteiger partial charge in [-0.25, -0.2) is 19.0 Å². The fraction of sp³-hybridized carbons (Fsp3) is 0.429. The Balaban J connectivity index is 1.44. The van der Waals surface area contributed by atoms with Gasteiger partial charge in [0.1, 0.15) is 11.6 Å². The first-order chi connectivity index (χ1) is 14.6. The van der Waals surface area contributed by atoms with E-state index in [1.54, 1.807) is 12.1 Å². The highest BCUT2D eigenvalue weighted by Crippen LogP contribution is 2.28. The van der Waals surface area contributed by atoms with Crippen molar-refractivity contribution in [2.45, 2.75) is 37.4 Å². The van der Waals surface area contributed by atoms with E-state index in [0.717, 1.165) is 40.7 Å². The van der Waals surface area contributed by atoms with Crippen molar-refractivity contribution in [3.05, 3.63) is 41.8 Å². The summed E-state index contributed by atoms with van der Waals surface area (Å²) in [7, 11) is 0. The molecule has 1 aliphatic rings. The first-order valence-corrected chi connectivity index (χ1v) is 11.4. The summed E-state index contributed by atoms with van der Waals surface area (Å²) in [5.74, 6) is 0.544. The number of rotatable bonds is 7. The zero-order valence-electron chi connectivity index (χ0n) is 17.0. The minimum absolute atomic E-state index is 0.105. The van der Waals surface area contributed by atoms with Crippen molar-refractivity contribution in [3.8, 4) is 0 Å². The third kappa shape index (κ3) is 4.72. The molecule has 0 bridgehead atoms. The molecule has 0 unspecified atom stereocenters. The quantitative estimate of drug-likeness (QED) is 0.461. The Morgan fingerprint density at radius 3 is 2.67 bits per heavy atom. The summed E-state index contributed by atoms with van der Waals surface area (Å²) < 4.78 is 14.8. The molecule has 3 heterocycles. The number of fused-ring (bicyclic) bond motifs is 1. The molecule has 1 N–H and O–H groups in total. The molecule has 1 aromatic carbocycles. The summed E-state index contributed by atoms with van der Waals surface area (Å²) in [5, 5.41) is 9.08. The number of thioether (sulfide) groups is 1. The van der Waals surface area contributed by atoms with Crippen LogP contribution in [0.1, 0.15) is 24.8 Å². The Hall–Kier alpha value is -2.68. The molecule has 7 nitrogen and oxygen atoms in total. The van der Waals surface area contributed by atoms with Gasteiger partial charge in [-0.3, -0.25) is 4.79 Å². The van der Waals surface area contributed by atoms with E-state index in [1.165, 1.54) is 43.2 Å². The number of anilines is 1. The maximum Gasteiger partial charge on any atom is 0.224 e. The highest BCUT2D eigenvalue weighted by molar-refractivity contribution is 7.98. The summed E-state index contributed by atoms with van der Waals surface area (Å²) >= 11 is 1.52. The number of carbonyl (C=O) groups excluding carboxylic acids is 1. The van der Waals surface area contributed by atoms with Crippen molar-refractivity contribution in [2.24, 2.45) is 0 Å². The topological polar surface area (TPSA) is 75.9 Å². The predicted molar refractivity (Wildman–Crippen MR) is 116 cm³/mol. The van der Waals surface area contributed by atoms with Gasteiger partial charge in [0.2, 0.25) is 5.91 Å². The van der Waals surface area contributed by atoms with Crippen LogP contribution in [0.2, 0.25) is 0 Å². The van der Waals surface area contributed by atoms with Gasteiger partial charge in [0.15, 0.2) is 10.8 Å². The van der Waals surface area contributed by atoms with E-state index < -0.39 is 0 Å². The third-order valence-corrected chi connectivity index (χ3v) is 5.77. The van der Waals surface area contributed by atoms with Gasteiger partial charge in [-0.05, 0) is 43.2 Å². The van der Waals surface area contributed by atoms with Crippen LogP contribution in [0.25, 0.3) is 11.0 Å². The third-order valence-electron chi connectivity index (χ3n) is 5.22. The predicted octanol–water partition coefficient (Wildman–Crippen LogP) is 3.04. The zero-order valence-corrected chi connectivity index (χ0v) is 17.8. The van der Waals surface area contributed by atoms with Crippen LogP contribution in [0.15, 0.2) is 35.6 Å². The van der Waals surface area contributed by atoms with E-state index in [9.17, 15) is 9.18 Å². The summed E-state index contributed by atoms with van der Waals surface area (Å²) in [4.78, 5) is 23.9. The van der Waals surface area contributed by atoms with Crippen molar-refractivity contribution < 1.29 is 9.18 Å². The molecule has 1 fully saturated rings. The fourth-order valence-corrected chi connectivity index (χ4v) is 4.03.